The summed E-state index contributed by atoms with van der Waals surface area (Å²) in [5.74, 6) is -3.17. The summed E-state index contributed by atoms with van der Waals surface area (Å²) in [6, 6.07) is 2.96. The van der Waals surface area contributed by atoms with Gasteiger partial charge in [-0.25, -0.2) is 8.42 Å². The lowest BCUT2D eigenvalue weighted by molar-refractivity contribution is -0.139. The summed E-state index contributed by atoms with van der Waals surface area (Å²) >= 11 is 0. The van der Waals surface area contributed by atoms with Crippen molar-refractivity contribution in [3.8, 4) is 0 Å². The number of amides is 2. The molecule has 2 heterocycles. The molecule has 2 saturated heterocycles. The second kappa shape index (κ2) is 10.1. The fraction of sp³-hybridized carbons (Fsp3) is 0.667. The van der Waals surface area contributed by atoms with E-state index >= 15 is 0 Å². The van der Waals surface area contributed by atoms with Crippen LogP contribution in [0.1, 0.15) is 67.9 Å². The highest BCUT2D eigenvalue weighted by Crippen LogP contribution is 2.42. The van der Waals surface area contributed by atoms with E-state index in [1.165, 1.54) is 6.07 Å². The minimum atomic E-state index is -4.76. The molecule has 1 aromatic rings. The molecule has 11 heteroatoms. The van der Waals surface area contributed by atoms with Crippen molar-refractivity contribution in [2.24, 2.45) is 11.7 Å². The molecule has 0 saturated carbocycles. The van der Waals surface area contributed by atoms with E-state index in [9.17, 15) is 31.2 Å². The van der Waals surface area contributed by atoms with E-state index in [4.69, 9.17) is 5.73 Å². The Balaban J connectivity index is 1.97. The maximum absolute atomic E-state index is 13.8. The Labute approximate surface area is 204 Å². The number of sulfone groups is 1. The zero-order valence-corrected chi connectivity index (χ0v) is 21.3. The first kappa shape index (κ1) is 27.4. The standard InChI is InChI=1S/C24H34F3N3O4S/c1-14(2)29-10-9-20(16(12-29)13-35(33,34)15(3)4)30-11-8-18(23(30)32)21-17(22(28)31)6-5-7-19(21)24(25,26)27/h5-7,14-16,18,20H,8-13H2,1-4H3,(H2,28,31)/t16-,18-,20-/m0/s1. The molecule has 0 aromatic heterocycles. The van der Waals surface area contributed by atoms with Gasteiger partial charge in [0.25, 0.3) is 0 Å². The number of carbonyl (C=O) groups is 2. The van der Waals surface area contributed by atoms with Gasteiger partial charge in [-0.3, -0.25) is 9.59 Å². The molecule has 0 radical (unpaired) electrons. The molecule has 2 aliphatic heterocycles. The maximum atomic E-state index is 13.8. The highest BCUT2D eigenvalue weighted by molar-refractivity contribution is 7.91. The van der Waals surface area contributed by atoms with Crippen LogP contribution in [0.15, 0.2) is 18.2 Å². The number of nitrogens with zero attached hydrogens (tertiary/aromatic N) is 2. The van der Waals surface area contributed by atoms with Crippen molar-refractivity contribution < 1.29 is 31.2 Å². The highest BCUT2D eigenvalue weighted by Gasteiger charge is 2.47. The first-order valence-electron chi connectivity index (χ1n) is 11.9. The van der Waals surface area contributed by atoms with Crippen molar-refractivity contribution in [3.05, 3.63) is 34.9 Å². The summed E-state index contributed by atoms with van der Waals surface area (Å²) in [7, 11) is -3.41. The molecule has 196 valence electrons. The molecular weight excluding hydrogens is 483 g/mol. The lowest BCUT2D eigenvalue weighted by atomic mass is 9.87. The smallest absolute Gasteiger partial charge is 0.366 e. The van der Waals surface area contributed by atoms with Gasteiger partial charge in [-0.15, -0.1) is 0 Å². The van der Waals surface area contributed by atoms with Gasteiger partial charge in [-0.2, -0.15) is 13.2 Å². The number of rotatable bonds is 7. The van der Waals surface area contributed by atoms with Crippen LogP contribution in [0.2, 0.25) is 0 Å². The van der Waals surface area contributed by atoms with Crippen LogP contribution in [0.25, 0.3) is 0 Å². The molecular formula is C24H34F3N3O4S. The van der Waals surface area contributed by atoms with Crippen LogP contribution in [0.4, 0.5) is 13.2 Å². The van der Waals surface area contributed by atoms with Gasteiger partial charge in [0, 0.05) is 43.2 Å². The van der Waals surface area contributed by atoms with Crippen LogP contribution in [0.5, 0.6) is 0 Å². The molecule has 0 unspecified atom stereocenters. The van der Waals surface area contributed by atoms with E-state index in [0.29, 0.717) is 19.5 Å². The number of hydrogen-bond donors (Lipinski definition) is 1. The lowest BCUT2D eigenvalue weighted by Gasteiger charge is -2.44. The zero-order chi connectivity index (χ0) is 26.3. The molecule has 2 amide bonds. The van der Waals surface area contributed by atoms with Gasteiger partial charge in [-0.1, -0.05) is 6.07 Å². The lowest BCUT2D eigenvalue weighted by Crippen LogP contribution is -2.55. The van der Waals surface area contributed by atoms with E-state index in [1.807, 2.05) is 13.8 Å². The minimum Gasteiger partial charge on any atom is -0.366 e. The van der Waals surface area contributed by atoms with Gasteiger partial charge in [0.05, 0.1) is 22.5 Å². The predicted molar refractivity (Wildman–Crippen MR) is 127 cm³/mol. The average molecular weight is 518 g/mol. The minimum absolute atomic E-state index is 0.0975. The zero-order valence-electron chi connectivity index (χ0n) is 20.5. The second-order valence-electron chi connectivity index (χ2n) is 10.1. The third kappa shape index (κ3) is 5.66. The van der Waals surface area contributed by atoms with Crippen LogP contribution in [-0.4, -0.2) is 72.8 Å². The number of piperidine rings is 1. The summed E-state index contributed by atoms with van der Waals surface area (Å²) < 4.78 is 67.0. The average Bonchev–Trinajstić information content (AvgIpc) is 3.12. The van der Waals surface area contributed by atoms with E-state index in [-0.39, 0.29) is 41.8 Å². The van der Waals surface area contributed by atoms with Gasteiger partial charge in [0.1, 0.15) is 0 Å². The monoisotopic (exact) mass is 517 g/mol. The highest BCUT2D eigenvalue weighted by atomic mass is 32.2. The Hall–Kier alpha value is -2.14. The molecule has 2 N–H and O–H groups in total. The van der Waals surface area contributed by atoms with Gasteiger partial charge in [0.2, 0.25) is 11.8 Å². The Kier molecular flexibility index (Phi) is 7.91. The van der Waals surface area contributed by atoms with E-state index < -0.39 is 50.6 Å². The van der Waals surface area contributed by atoms with E-state index in [0.717, 1.165) is 12.1 Å². The predicted octanol–water partition coefficient (Wildman–Crippen LogP) is 3.04. The number of likely N-dealkylation sites (tertiary alicyclic amines) is 2. The molecule has 0 bridgehead atoms. The number of primary amides is 1. The number of benzene rings is 1. The molecule has 7 nitrogen and oxygen atoms in total. The van der Waals surface area contributed by atoms with Crippen LogP contribution in [0.3, 0.4) is 0 Å². The van der Waals surface area contributed by atoms with Crippen molar-refractivity contribution in [3.63, 3.8) is 0 Å². The maximum Gasteiger partial charge on any atom is 0.416 e. The normalized spacial score (nSPS) is 24.5. The SMILES string of the molecule is CC(C)N1CC[C@H](N2CC[C@@H](c3c(C(N)=O)cccc3C(F)(F)F)C2=O)[C@H](CS(=O)(=O)C(C)C)C1. The summed E-state index contributed by atoms with van der Waals surface area (Å²) in [5, 5.41) is -0.573. The molecule has 2 aliphatic rings. The first-order chi connectivity index (χ1) is 16.1. The van der Waals surface area contributed by atoms with Crippen molar-refractivity contribution in [1.29, 1.82) is 0 Å². The molecule has 2 fully saturated rings. The molecule has 0 spiro atoms. The number of carbonyl (C=O) groups excluding carboxylic acids is 2. The largest absolute Gasteiger partial charge is 0.416 e. The van der Waals surface area contributed by atoms with Crippen LogP contribution >= 0.6 is 0 Å². The van der Waals surface area contributed by atoms with Crippen LogP contribution < -0.4 is 5.73 Å². The third-order valence-electron chi connectivity index (χ3n) is 7.29. The van der Waals surface area contributed by atoms with E-state index in [1.54, 1.807) is 18.7 Å². The fourth-order valence-corrected chi connectivity index (χ4v) is 6.59. The summed E-state index contributed by atoms with van der Waals surface area (Å²) in [5.41, 5.74) is 3.64. The van der Waals surface area contributed by atoms with Gasteiger partial charge >= 0.3 is 6.18 Å². The van der Waals surface area contributed by atoms with Crippen molar-refractivity contribution in [1.82, 2.24) is 9.80 Å². The van der Waals surface area contributed by atoms with Crippen molar-refractivity contribution in [2.75, 3.05) is 25.4 Å². The molecule has 0 aliphatic carbocycles. The summed E-state index contributed by atoms with van der Waals surface area (Å²) in [6.45, 7) is 8.59. The Morgan fingerprint density at radius 3 is 2.34 bits per heavy atom. The van der Waals surface area contributed by atoms with Gasteiger partial charge < -0.3 is 15.5 Å². The van der Waals surface area contributed by atoms with E-state index in [2.05, 4.69) is 4.90 Å². The van der Waals surface area contributed by atoms with Gasteiger partial charge in [-0.05, 0) is 58.2 Å². The summed E-state index contributed by atoms with van der Waals surface area (Å²) in [4.78, 5) is 29.2. The number of alkyl halides is 3. The topological polar surface area (TPSA) is 101 Å². The van der Waals surface area contributed by atoms with Crippen LogP contribution in [0, 0.1) is 5.92 Å². The number of nitrogens with two attached hydrogens (primary N) is 1. The quantitative estimate of drug-likeness (QED) is 0.599. The fourth-order valence-electron chi connectivity index (χ4n) is 5.28. The van der Waals surface area contributed by atoms with Crippen molar-refractivity contribution in [2.45, 2.75) is 70.0 Å². The molecule has 1 aromatic carbocycles. The third-order valence-corrected chi connectivity index (χ3v) is 9.62. The Morgan fingerprint density at radius 2 is 1.80 bits per heavy atom. The molecule has 35 heavy (non-hydrogen) atoms. The molecule has 3 rings (SSSR count). The summed E-state index contributed by atoms with van der Waals surface area (Å²) in [6.07, 6.45) is -4.14. The van der Waals surface area contributed by atoms with Crippen molar-refractivity contribution >= 4 is 21.7 Å². The number of hydrogen-bond acceptors (Lipinski definition) is 5. The number of halogens is 3. The second-order valence-corrected chi connectivity index (χ2v) is 12.7. The first-order valence-corrected chi connectivity index (χ1v) is 13.6. The van der Waals surface area contributed by atoms with Crippen LogP contribution in [-0.2, 0) is 20.8 Å². The Bertz CT molecular complexity index is 1070. The Morgan fingerprint density at radius 1 is 1.14 bits per heavy atom. The van der Waals surface area contributed by atoms with Gasteiger partial charge in [0.15, 0.2) is 9.84 Å². The molecule has 3 atom stereocenters.